The molecule has 1 heterocycles. The zero-order chi connectivity index (χ0) is 15.4. The zero-order valence-electron chi connectivity index (χ0n) is 13.9. The lowest BCUT2D eigenvalue weighted by atomic mass is 9.72. The Morgan fingerprint density at radius 3 is 2.30 bits per heavy atom. The topological polar surface area (TPSA) is 15.8 Å². The monoisotopic (exact) mass is 271 g/mol. The number of rotatable bonds is 5. The van der Waals surface area contributed by atoms with Crippen molar-refractivity contribution in [3.05, 3.63) is 47.8 Å². The molecule has 0 bridgehead atoms. The second-order valence-corrected chi connectivity index (χ2v) is 7.25. The average Bonchev–Trinajstić information content (AvgIpc) is 2.67. The second kappa shape index (κ2) is 6.30. The molecule has 0 aliphatic carbocycles. The number of aromatic nitrogens is 1. The lowest BCUT2D eigenvalue weighted by molar-refractivity contribution is 0.284. The van der Waals surface area contributed by atoms with Gasteiger partial charge in [0.25, 0.3) is 0 Å². The maximum atomic E-state index is 3.77. The highest BCUT2D eigenvalue weighted by molar-refractivity contribution is 5.67. The van der Waals surface area contributed by atoms with Gasteiger partial charge in [-0.15, -0.1) is 0 Å². The maximum Gasteiger partial charge on any atom is 0.0453 e. The number of aromatic amines is 1. The largest absolute Gasteiger partial charge is 0.361 e. The molecule has 0 amide bonds. The highest BCUT2D eigenvalue weighted by Gasteiger charge is 2.30. The molecule has 1 rings (SSSR count). The summed E-state index contributed by atoms with van der Waals surface area (Å²) in [5, 5.41) is 0. The van der Waals surface area contributed by atoms with Gasteiger partial charge in [0.1, 0.15) is 0 Å². The zero-order valence-corrected chi connectivity index (χ0v) is 13.9. The third-order valence-corrected chi connectivity index (χ3v) is 3.39. The number of nitrogens with one attached hydrogen (secondary N) is 1. The molecule has 0 aromatic carbocycles. The molecule has 0 fully saturated rings. The van der Waals surface area contributed by atoms with Crippen LogP contribution in [0.2, 0.25) is 0 Å². The molecule has 0 saturated carbocycles. The average molecular weight is 271 g/mol. The van der Waals surface area contributed by atoms with Crippen molar-refractivity contribution in [2.45, 2.75) is 53.4 Å². The second-order valence-electron chi connectivity index (χ2n) is 7.25. The normalized spacial score (nSPS) is 13.5. The van der Waals surface area contributed by atoms with Gasteiger partial charge in [-0.3, -0.25) is 0 Å². The summed E-state index contributed by atoms with van der Waals surface area (Å²) in [5.74, 6) is 0. The van der Waals surface area contributed by atoms with E-state index in [-0.39, 0.29) is 5.41 Å². The van der Waals surface area contributed by atoms with Crippen LogP contribution in [0.1, 0.15) is 64.8 Å². The fraction of sp³-hybridized carbons (Fsp3) is 0.474. The third kappa shape index (κ3) is 4.26. The Hall–Kier alpha value is -1.50. The smallest absolute Gasteiger partial charge is 0.0453 e. The van der Waals surface area contributed by atoms with E-state index < -0.39 is 0 Å². The fourth-order valence-corrected chi connectivity index (χ4v) is 3.08. The Labute approximate surface area is 124 Å². The van der Waals surface area contributed by atoms with E-state index in [1.54, 1.807) is 0 Å². The quantitative estimate of drug-likeness (QED) is 0.636. The van der Waals surface area contributed by atoms with Crippen molar-refractivity contribution in [1.29, 1.82) is 0 Å². The molecule has 1 aromatic heterocycles. The molecule has 0 aliphatic heterocycles. The van der Waals surface area contributed by atoms with E-state index in [9.17, 15) is 0 Å². The van der Waals surface area contributed by atoms with Crippen LogP contribution in [0.4, 0.5) is 0 Å². The number of allylic oxidation sites excluding steroid dienone is 3. The van der Waals surface area contributed by atoms with Gasteiger partial charge in [-0.25, -0.2) is 0 Å². The highest BCUT2D eigenvalue weighted by Crippen LogP contribution is 2.39. The van der Waals surface area contributed by atoms with Gasteiger partial charge in [-0.05, 0) is 35.8 Å². The van der Waals surface area contributed by atoms with Crippen LogP contribution in [-0.2, 0) is 5.41 Å². The van der Waals surface area contributed by atoms with Gasteiger partial charge in [0.2, 0.25) is 0 Å². The molecule has 110 valence electrons. The van der Waals surface area contributed by atoms with Crippen molar-refractivity contribution in [1.82, 2.24) is 4.98 Å². The van der Waals surface area contributed by atoms with E-state index in [0.717, 1.165) is 6.42 Å². The van der Waals surface area contributed by atoms with Crippen LogP contribution in [0.25, 0.3) is 12.2 Å². The van der Waals surface area contributed by atoms with Crippen molar-refractivity contribution in [3.63, 3.8) is 0 Å². The molecule has 0 atom stereocenters. The Kier molecular flexibility index (Phi) is 5.21. The molecule has 0 aliphatic rings. The SMILES string of the molecule is C=C/C=C\c1c(C(C)(C)CC(C)(C)C)c[nH]c1/C=C\C. The van der Waals surface area contributed by atoms with Crippen LogP contribution in [0.3, 0.4) is 0 Å². The predicted octanol–water partition coefficient (Wildman–Crippen LogP) is 5.96. The van der Waals surface area contributed by atoms with Gasteiger partial charge < -0.3 is 4.98 Å². The number of hydrogen-bond donors (Lipinski definition) is 1. The molecular weight excluding hydrogens is 242 g/mol. The van der Waals surface area contributed by atoms with Crippen LogP contribution in [0.15, 0.2) is 31.0 Å². The molecular formula is C19H29N. The highest BCUT2D eigenvalue weighted by atomic mass is 14.7. The summed E-state index contributed by atoms with van der Waals surface area (Å²) in [6.07, 6.45) is 13.5. The third-order valence-electron chi connectivity index (χ3n) is 3.39. The van der Waals surface area contributed by atoms with E-state index in [4.69, 9.17) is 0 Å². The first-order valence-electron chi connectivity index (χ1n) is 7.35. The van der Waals surface area contributed by atoms with Gasteiger partial charge in [-0.1, -0.05) is 65.5 Å². The van der Waals surface area contributed by atoms with Crippen LogP contribution >= 0.6 is 0 Å². The maximum absolute atomic E-state index is 3.77. The van der Waals surface area contributed by atoms with E-state index in [0.29, 0.717) is 5.41 Å². The molecule has 0 saturated heterocycles. The molecule has 0 radical (unpaired) electrons. The lowest BCUT2D eigenvalue weighted by Gasteiger charge is -2.32. The van der Waals surface area contributed by atoms with Gasteiger partial charge in [0.15, 0.2) is 0 Å². The minimum absolute atomic E-state index is 0.134. The van der Waals surface area contributed by atoms with Crippen molar-refractivity contribution < 1.29 is 0 Å². The molecule has 1 nitrogen and oxygen atoms in total. The van der Waals surface area contributed by atoms with E-state index >= 15 is 0 Å². The van der Waals surface area contributed by atoms with Crippen LogP contribution < -0.4 is 0 Å². The van der Waals surface area contributed by atoms with E-state index in [1.807, 2.05) is 19.1 Å². The van der Waals surface area contributed by atoms with Crippen LogP contribution in [0, 0.1) is 5.41 Å². The summed E-state index contributed by atoms with van der Waals surface area (Å²) < 4.78 is 0. The Morgan fingerprint density at radius 2 is 1.80 bits per heavy atom. The first-order valence-corrected chi connectivity index (χ1v) is 7.35. The summed E-state index contributed by atoms with van der Waals surface area (Å²) in [5.41, 5.74) is 4.26. The van der Waals surface area contributed by atoms with Crippen molar-refractivity contribution in [2.75, 3.05) is 0 Å². The van der Waals surface area contributed by atoms with Crippen molar-refractivity contribution >= 4 is 12.2 Å². The number of H-pyrrole nitrogens is 1. The van der Waals surface area contributed by atoms with Gasteiger partial charge >= 0.3 is 0 Å². The van der Waals surface area contributed by atoms with E-state index in [1.165, 1.54) is 16.8 Å². The summed E-state index contributed by atoms with van der Waals surface area (Å²) in [4.78, 5) is 3.40. The standard InChI is InChI=1S/C19H29N/c1-8-10-12-15-16(13-20-17(15)11-9-2)19(6,7)14-18(3,4)5/h8-13,20H,1,14H2,2-7H3/b11-9-,12-10-. The molecule has 1 N–H and O–H groups in total. The molecule has 0 unspecified atom stereocenters. The van der Waals surface area contributed by atoms with Gasteiger partial charge in [-0.2, -0.15) is 0 Å². The van der Waals surface area contributed by atoms with Crippen LogP contribution in [0.5, 0.6) is 0 Å². The van der Waals surface area contributed by atoms with Crippen molar-refractivity contribution in [2.24, 2.45) is 5.41 Å². The lowest BCUT2D eigenvalue weighted by Crippen LogP contribution is -2.25. The predicted molar refractivity (Wildman–Crippen MR) is 91.8 cm³/mol. The van der Waals surface area contributed by atoms with Crippen LogP contribution in [-0.4, -0.2) is 4.98 Å². The van der Waals surface area contributed by atoms with Crippen molar-refractivity contribution in [3.8, 4) is 0 Å². The fourth-order valence-electron chi connectivity index (χ4n) is 3.08. The summed E-state index contributed by atoms with van der Waals surface area (Å²) in [6, 6.07) is 0. The van der Waals surface area contributed by atoms with Gasteiger partial charge in [0, 0.05) is 17.5 Å². The first kappa shape index (κ1) is 16.6. The Morgan fingerprint density at radius 1 is 1.15 bits per heavy atom. The summed E-state index contributed by atoms with van der Waals surface area (Å²) >= 11 is 0. The minimum atomic E-state index is 0.134. The number of hydrogen-bond acceptors (Lipinski definition) is 0. The molecule has 1 heteroatoms. The summed E-state index contributed by atoms with van der Waals surface area (Å²) in [7, 11) is 0. The summed E-state index contributed by atoms with van der Waals surface area (Å²) in [6.45, 7) is 17.4. The molecule has 1 aromatic rings. The molecule has 0 spiro atoms. The molecule has 20 heavy (non-hydrogen) atoms. The van der Waals surface area contributed by atoms with E-state index in [2.05, 4.69) is 70.6 Å². The minimum Gasteiger partial charge on any atom is -0.361 e. The Bertz CT molecular complexity index is 504. The first-order chi connectivity index (χ1) is 9.21. The Balaban J connectivity index is 3.29. The van der Waals surface area contributed by atoms with Gasteiger partial charge in [0.05, 0.1) is 0 Å².